The molecule has 0 heterocycles. The summed E-state index contributed by atoms with van der Waals surface area (Å²) in [5, 5.41) is 0. The molecule has 0 saturated carbocycles. The maximum atomic E-state index is 14.1. The number of benzene rings is 2. The van der Waals surface area contributed by atoms with Gasteiger partial charge in [0.05, 0.1) is 0 Å². The summed E-state index contributed by atoms with van der Waals surface area (Å²) in [6.45, 7) is 8.01. The van der Waals surface area contributed by atoms with Crippen molar-refractivity contribution in [2.45, 2.75) is 39.7 Å². The van der Waals surface area contributed by atoms with E-state index in [0.29, 0.717) is 11.7 Å². The van der Waals surface area contributed by atoms with Gasteiger partial charge in [0.1, 0.15) is 5.75 Å². The Hall–Kier alpha value is -1.87. The van der Waals surface area contributed by atoms with Crippen LogP contribution >= 0.6 is 0 Å². The van der Waals surface area contributed by atoms with Crippen LogP contribution in [-0.4, -0.2) is 0 Å². The third kappa shape index (κ3) is 3.61. The lowest BCUT2D eigenvalue weighted by atomic mass is 10.0. The molecule has 2 rings (SSSR count). The van der Waals surface area contributed by atoms with Gasteiger partial charge < -0.3 is 10.5 Å². The molecule has 112 valence electrons. The highest BCUT2D eigenvalue weighted by molar-refractivity contribution is 5.42. The molecule has 0 bridgehead atoms. The highest BCUT2D eigenvalue weighted by atomic mass is 19.1. The van der Waals surface area contributed by atoms with Gasteiger partial charge in [0, 0.05) is 6.04 Å². The Morgan fingerprint density at radius 1 is 0.952 bits per heavy atom. The minimum absolute atomic E-state index is 0.195. The van der Waals surface area contributed by atoms with Gasteiger partial charge >= 0.3 is 0 Å². The Morgan fingerprint density at radius 2 is 1.62 bits per heavy atom. The molecule has 0 aromatic heterocycles. The molecule has 0 aliphatic heterocycles. The van der Waals surface area contributed by atoms with Gasteiger partial charge in [0.25, 0.3) is 0 Å². The van der Waals surface area contributed by atoms with Crippen LogP contribution in [0.2, 0.25) is 0 Å². The molecule has 0 saturated heterocycles. The van der Waals surface area contributed by atoms with Crippen molar-refractivity contribution >= 4 is 0 Å². The van der Waals surface area contributed by atoms with E-state index in [0.717, 1.165) is 11.1 Å². The Bertz CT molecular complexity index is 635. The smallest absolute Gasteiger partial charge is 0.166 e. The molecule has 0 spiro atoms. The van der Waals surface area contributed by atoms with Gasteiger partial charge in [-0.1, -0.05) is 32.0 Å². The van der Waals surface area contributed by atoms with Crippen molar-refractivity contribution in [1.82, 2.24) is 0 Å². The summed E-state index contributed by atoms with van der Waals surface area (Å²) < 4.78 is 19.9. The summed E-state index contributed by atoms with van der Waals surface area (Å²) in [5.74, 6) is 0.925. The van der Waals surface area contributed by atoms with E-state index in [1.807, 2.05) is 26.0 Å². The monoisotopic (exact) mass is 287 g/mol. The summed E-state index contributed by atoms with van der Waals surface area (Å²) in [5.41, 5.74) is 8.66. The van der Waals surface area contributed by atoms with Crippen molar-refractivity contribution in [2.24, 2.45) is 5.73 Å². The summed E-state index contributed by atoms with van der Waals surface area (Å²) in [6, 6.07) is 10.7. The van der Waals surface area contributed by atoms with Gasteiger partial charge in [-0.3, -0.25) is 0 Å². The molecule has 0 fully saturated rings. The van der Waals surface area contributed by atoms with Crippen LogP contribution in [0.25, 0.3) is 0 Å². The van der Waals surface area contributed by atoms with E-state index in [4.69, 9.17) is 10.5 Å². The number of aryl methyl sites for hydroxylation is 1. The molecule has 0 aliphatic rings. The molecule has 2 nitrogen and oxygen atoms in total. The van der Waals surface area contributed by atoms with E-state index in [1.165, 1.54) is 11.6 Å². The zero-order valence-corrected chi connectivity index (χ0v) is 13.0. The predicted octanol–water partition coefficient (Wildman–Crippen LogP) is 5.07. The molecule has 0 aliphatic carbocycles. The van der Waals surface area contributed by atoms with Crippen LogP contribution in [0.5, 0.6) is 11.5 Å². The van der Waals surface area contributed by atoms with Crippen LogP contribution in [0.1, 0.15) is 49.4 Å². The van der Waals surface area contributed by atoms with Crippen molar-refractivity contribution in [3.05, 3.63) is 58.9 Å². The second kappa shape index (κ2) is 6.27. The molecule has 3 heteroatoms. The molecule has 1 atom stereocenters. The predicted molar refractivity (Wildman–Crippen MR) is 84.3 cm³/mol. The number of hydrogen-bond acceptors (Lipinski definition) is 2. The molecular weight excluding hydrogens is 265 g/mol. The van der Waals surface area contributed by atoms with Crippen LogP contribution < -0.4 is 10.5 Å². The Labute approximate surface area is 125 Å². The van der Waals surface area contributed by atoms with Crippen LogP contribution in [0.3, 0.4) is 0 Å². The third-order valence-electron chi connectivity index (χ3n) is 3.58. The zero-order valence-electron chi connectivity index (χ0n) is 13.0. The van der Waals surface area contributed by atoms with Crippen molar-refractivity contribution < 1.29 is 9.13 Å². The quantitative estimate of drug-likeness (QED) is 0.852. The van der Waals surface area contributed by atoms with Crippen LogP contribution in [0, 0.1) is 12.7 Å². The first kappa shape index (κ1) is 15.5. The zero-order chi connectivity index (χ0) is 15.6. The Balaban J connectivity index is 2.32. The van der Waals surface area contributed by atoms with Gasteiger partial charge in [-0.25, -0.2) is 4.39 Å². The van der Waals surface area contributed by atoms with Gasteiger partial charge in [-0.05, 0) is 54.7 Å². The number of rotatable bonds is 4. The molecule has 21 heavy (non-hydrogen) atoms. The molecule has 0 unspecified atom stereocenters. The van der Waals surface area contributed by atoms with Gasteiger partial charge in [0.15, 0.2) is 11.6 Å². The van der Waals surface area contributed by atoms with Crippen molar-refractivity contribution in [3.63, 3.8) is 0 Å². The fourth-order valence-electron chi connectivity index (χ4n) is 2.09. The molecular formula is C18H22FNO. The Kier molecular flexibility index (Phi) is 4.63. The van der Waals surface area contributed by atoms with E-state index in [-0.39, 0.29) is 17.6 Å². The Morgan fingerprint density at radius 3 is 2.19 bits per heavy atom. The van der Waals surface area contributed by atoms with E-state index in [1.54, 1.807) is 12.1 Å². The maximum absolute atomic E-state index is 14.1. The average Bonchev–Trinajstić information content (AvgIpc) is 2.42. The normalized spacial score (nSPS) is 12.5. The van der Waals surface area contributed by atoms with Crippen molar-refractivity contribution in [1.29, 1.82) is 0 Å². The van der Waals surface area contributed by atoms with Crippen LogP contribution in [-0.2, 0) is 0 Å². The van der Waals surface area contributed by atoms with Crippen molar-refractivity contribution in [3.8, 4) is 11.5 Å². The number of nitrogens with two attached hydrogens (primary N) is 1. The van der Waals surface area contributed by atoms with E-state index < -0.39 is 0 Å². The van der Waals surface area contributed by atoms with Gasteiger partial charge in [0.2, 0.25) is 0 Å². The lowest BCUT2D eigenvalue weighted by Gasteiger charge is -2.14. The van der Waals surface area contributed by atoms with Crippen LogP contribution in [0.15, 0.2) is 36.4 Å². The molecule has 2 aromatic carbocycles. The molecule has 0 radical (unpaired) electrons. The van der Waals surface area contributed by atoms with E-state index in [2.05, 4.69) is 19.9 Å². The minimum Gasteiger partial charge on any atom is -0.454 e. The highest BCUT2D eigenvalue weighted by Crippen LogP contribution is 2.31. The number of halogens is 1. The molecule has 0 amide bonds. The third-order valence-corrected chi connectivity index (χ3v) is 3.58. The average molecular weight is 287 g/mol. The van der Waals surface area contributed by atoms with Crippen LogP contribution in [0.4, 0.5) is 4.39 Å². The SMILES string of the molecule is Cc1ccc(C(C)C)cc1Oc1ccc([C@@H](C)N)cc1F. The lowest BCUT2D eigenvalue weighted by Crippen LogP contribution is -2.05. The second-order valence-corrected chi connectivity index (χ2v) is 5.76. The fraction of sp³-hybridized carbons (Fsp3) is 0.333. The second-order valence-electron chi connectivity index (χ2n) is 5.76. The topological polar surface area (TPSA) is 35.2 Å². The maximum Gasteiger partial charge on any atom is 0.166 e. The van der Waals surface area contributed by atoms with Crippen molar-refractivity contribution in [2.75, 3.05) is 0 Å². The summed E-state index contributed by atoms with van der Waals surface area (Å²) >= 11 is 0. The fourth-order valence-corrected chi connectivity index (χ4v) is 2.09. The number of hydrogen-bond donors (Lipinski definition) is 1. The standard InChI is InChI=1S/C18H22FNO/c1-11(2)14-6-5-12(3)18(10-14)21-17-8-7-15(13(4)20)9-16(17)19/h5-11,13H,20H2,1-4H3/t13-/m1/s1. The van der Waals surface area contributed by atoms with Gasteiger partial charge in [-0.15, -0.1) is 0 Å². The minimum atomic E-state index is -0.390. The first-order valence-corrected chi connectivity index (χ1v) is 7.22. The summed E-state index contributed by atoms with van der Waals surface area (Å²) in [7, 11) is 0. The number of ether oxygens (including phenoxy) is 1. The first-order chi connectivity index (χ1) is 9.88. The summed E-state index contributed by atoms with van der Waals surface area (Å²) in [4.78, 5) is 0. The lowest BCUT2D eigenvalue weighted by molar-refractivity contribution is 0.438. The van der Waals surface area contributed by atoms with Gasteiger partial charge in [-0.2, -0.15) is 0 Å². The van der Waals surface area contributed by atoms with E-state index >= 15 is 0 Å². The summed E-state index contributed by atoms with van der Waals surface area (Å²) in [6.07, 6.45) is 0. The molecule has 2 N–H and O–H groups in total. The molecule has 2 aromatic rings. The van der Waals surface area contributed by atoms with E-state index in [9.17, 15) is 4.39 Å². The largest absolute Gasteiger partial charge is 0.454 e. The highest BCUT2D eigenvalue weighted by Gasteiger charge is 2.11. The first-order valence-electron chi connectivity index (χ1n) is 7.22.